The molecule has 0 aliphatic heterocycles. The van der Waals surface area contributed by atoms with Gasteiger partial charge in [-0.3, -0.25) is 9.59 Å². The summed E-state index contributed by atoms with van der Waals surface area (Å²) in [5.74, 6) is -1.20. The Balaban J connectivity index is 2.20. The number of aliphatic carboxylic acids is 1. The van der Waals surface area contributed by atoms with Crippen molar-refractivity contribution >= 4 is 23.6 Å². The molecule has 0 unspecified atom stereocenters. The highest BCUT2D eigenvalue weighted by molar-refractivity contribution is 7.99. The highest BCUT2D eigenvalue weighted by Crippen LogP contribution is 2.31. The van der Waals surface area contributed by atoms with E-state index >= 15 is 0 Å². The molecule has 0 aromatic heterocycles. The molecule has 2 aromatic rings. The maximum absolute atomic E-state index is 12.5. The summed E-state index contributed by atoms with van der Waals surface area (Å²) in [5, 5.41) is 11.9. The van der Waals surface area contributed by atoms with Crippen molar-refractivity contribution in [2.75, 3.05) is 6.54 Å². The van der Waals surface area contributed by atoms with Crippen molar-refractivity contribution in [3.05, 3.63) is 59.7 Å². The van der Waals surface area contributed by atoms with Crippen LogP contribution >= 0.6 is 11.8 Å². The SMILES string of the molecule is Cc1ccc(C(=O)NCC(C)(C)C(=O)O)c(Sc2ccccc2)c1. The van der Waals surface area contributed by atoms with Gasteiger partial charge in [-0.15, -0.1) is 0 Å². The van der Waals surface area contributed by atoms with Crippen LogP contribution < -0.4 is 5.32 Å². The number of hydrogen-bond acceptors (Lipinski definition) is 3. The van der Waals surface area contributed by atoms with Crippen molar-refractivity contribution in [3.63, 3.8) is 0 Å². The predicted molar refractivity (Wildman–Crippen MR) is 95.5 cm³/mol. The highest BCUT2D eigenvalue weighted by Gasteiger charge is 2.28. The number of amides is 1. The van der Waals surface area contributed by atoms with Gasteiger partial charge >= 0.3 is 5.97 Å². The van der Waals surface area contributed by atoms with Gasteiger partial charge in [0.05, 0.1) is 11.0 Å². The molecule has 0 spiro atoms. The minimum atomic E-state index is -1.01. The molecular formula is C19H21NO3S. The molecule has 4 nitrogen and oxygen atoms in total. The fraction of sp³-hybridized carbons (Fsp3) is 0.263. The Morgan fingerprint density at radius 2 is 1.79 bits per heavy atom. The first kappa shape index (κ1) is 18.1. The number of nitrogens with one attached hydrogen (secondary N) is 1. The number of carbonyl (C=O) groups is 2. The molecule has 0 fully saturated rings. The van der Waals surface area contributed by atoms with Crippen molar-refractivity contribution in [3.8, 4) is 0 Å². The van der Waals surface area contributed by atoms with E-state index in [1.165, 1.54) is 11.8 Å². The quantitative estimate of drug-likeness (QED) is 0.832. The van der Waals surface area contributed by atoms with Crippen LogP contribution in [0.25, 0.3) is 0 Å². The minimum absolute atomic E-state index is 0.0739. The topological polar surface area (TPSA) is 66.4 Å². The second-order valence-corrected chi connectivity index (χ2v) is 7.40. The molecule has 2 aromatic carbocycles. The number of hydrogen-bond donors (Lipinski definition) is 2. The van der Waals surface area contributed by atoms with Gasteiger partial charge < -0.3 is 10.4 Å². The molecule has 0 bridgehead atoms. The Kier molecular flexibility index (Phi) is 5.67. The summed E-state index contributed by atoms with van der Waals surface area (Å²) in [7, 11) is 0. The molecule has 126 valence electrons. The van der Waals surface area contributed by atoms with E-state index in [-0.39, 0.29) is 12.5 Å². The van der Waals surface area contributed by atoms with Gasteiger partial charge in [0.25, 0.3) is 5.91 Å². The summed E-state index contributed by atoms with van der Waals surface area (Å²) in [4.78, 5) is 25.6. The highest BCUT2D eigenvalue weighted by atomic mass is 32.2. The molecule has 0 aliphatic rings. The molecule has 0 radical (unpaired) electrons. The molecule has 1 amide bonds. The Morgan fingerprint density at radius 1 is 1.12 bits per heavy atom. The largest absolute Gasteiger partial charge is 0.481 e. The summed E-state index contributed by atoms with van der Waals surface area (Å²) in [5.41, 5.74) is 0.610. The van der Waals surface area contributed by atoms with Gasteiger partial charge in [-0.05, 0) is 50.6 Å². The zero-order valence-electron chi connectivity index (χ0n) is 14.0. The number of aryl methyl sites for hydroxylation is 1. The van der Waals surface area contributed by atoms with E-state index in [4.69, 9.17) is 5.11 Å². The first-order valence-corrected chi connectivity index (χ1v) is 8.46. The summed E-state index contributed by atoms with van der Waals surface area (Å²) >= 11 is 1.52. The van der Waals surface area contributed by atoms with Gasteiger partial charge in [0, 0.05) is 16.3 Å². The second kappa shape index (κ2) is 7.53. The fourth-order valence-corrected chi connectivity index (χ4v) is 3.05. The lowest BCUT2D eigenvalue weighted by molar-refractivity contribution is -0.146. The van der Waals surface area contributed by atoms with Gasteiger partial charge in [0.1, 0.15) is 0 Å². The average Bonchev–Trinajstić information content (AvgIpc) is 2.54. The van der Waals surface area contributed by atoms with Crippen LogP contribution in [0.2, 0.25) is 0 Å². The van der Waals surface area contributed by atoms with E-state index < -0.39 is 11.4 Å². The van der Waals surface area contributed by atoms with Gasteiger partial charge in [-0.1, -0.05) is 36.0 Å². The first-order chi connectivity index (χ1) is 11.3. The second-order valence-electron chi connectivity index (χ2n) is 6.29. The smallest absolute Gasteiger partial charge is 0.310 e. The lowest BCUT2D eigenvalue weighted by atomic mass is 9.94. The first-order valence-electron chi connectivity index (χ1n) is 7.65. The average molecular weight is 343 g/mol. The van der Waals surface area contributed by atoms with E-state index in [2.05, 4.69) is 5.32 Å². The predicted octanol–water partition coefficient (Wildman–Crippen LogP) is 3.99. The Morgan fingerprint density at radius 3 is 2.42 bits per heavy atom. The molecule has 24 heavy (non-hydrogen) atoms. The van der Waals surface area contributed by atoms with Crippen LogP contribution in [-0.2, 0) is 4.79 Å². The van der Waals surface area contributed by atoms with Crippen molar-refractivity contribution < 1.29 is 14.7 Å². The van der Waals surface area contributed by atoms with Gasteiger partial charge in [0.15, 0.2) is 0 Å². The van der Waals surface area contributed by atoms with Crippen LogP contribution in [-0.4, -0.2) is 23.5 Å². The van der Waals surface area contributed by atoms with Crippen LogP contribution in [0.3, 0.4) is 0 Å². The molecule has 0 atom stereocenters. The van der Waals surface area contributed by atoms with Crippen molar-refractivity contribution in [2.45, 2.75) is 30.6 Å². The Bertz CT molecular complexity index is 742. The normalized spacial score (nSPS) is 11.1. The van der Waals surface area contributed by atoms with Crippen LogP contribution in [0, 0.1) is 12.3 Å². The van der Waals surface area contributed by atoms with E-state index in [0.29, 0.717) is 5.56 Å². The summed E-state index contributed by atoms with van der Waals surface area (Å²) < 4.78 is 0. The van der Waals surface area contributed by atoms with Crippen molar-refractivity contribution in [1.29, 1.82) is 0 Å². The van der Waals surface area contributed by atoms with Gasteiger partial charge in [-0.25, -0.2) is 0 Å². The van der Waals surface area contributed by atoms with Crippen LogP contribution in [0.1, 0.15) is 29.8 Å². The molecule has 0 saturated carbocycles. The zero-order valence-corrected chi connectivity index (χ0v) is 14.8. The van der Waals surface area contributed by atoms with Crippen LogP contribution in [0.15, 0.2) is 58.3 Å². The van der Waals surface area contributed by atoms with E-state index in [1.807, 2.05) is 49.4 Å². The lowest BCUT2D eigenvalue weighted by Gasteiger charge is -2.20. The zero-order chi connectivity index (χ0) is 17.7. The molecule has 0 saturated heterocycles. The number of carboxylic acids is 1. The van der Waals surface area contributed by atoms with Gasteiger partial charge in [0.2, 0.25) is 0 Å². The fourth-order valence-electron chi connectivity index (χ4n) is 1.99. The summed E-state index contributed by atoms with van der Waals surface area (Å²) in [6, 6.07) is 15.5. The van der Waals surface area contributed by atoms with E-state index in [1.54, 1.807) is 19.9 Å². The summed E-state index contributed by atoms with van der Waals surface area (Å²) in [6.07, 6.45) is 0. The molecule has 2 rings (SSSR count). The third-order valence-electron chi connectivity index (χ3n) is 3.62. The molecule has 0 heterocycles. The van der Waals surface area contributed by atoms with Gasteiger partial charge in [-0.2, -0.15) is 0 Å². The maximum atomic E-state index is 12.5. The minimum Gasteiger partial charge on any atom is -0.481 e. The number of carbonyl (C=O) groups excluding carboxylic acids is 1. The number of rotatable bonds is 6. The monoisotopic (exact) mass is 343 g/mol. The molecule has 5 heteroatoms. The number of carboxylic acid groups (broad SMARTS) is 1. The molecule has 2 N–H and O–H groups in total. The van der Waals surface area contributed by atoms with E-state index in [0.717, 1.165) is 15.4 Å². The van der Waals surface area contributed by atoms with E-state index in [9.17, 15) is 9.59 Å². The Hall–Kier alpha value is -2.27. The van der Waals surface area contributed by atoms with Crippen LogP contribution in [0.5, 0.6) is 0 Å². The molecular weight excluding hydrogens is 322 g/mol. The van der Waals surface area contributed by atoms with Crippen molar-refractivity contribution in [2.24, 2.45) is 5.41 Å². The molecule has 0 aliphatic carbocycles. The Labute approximate surface area is 146 Å². The standard InChI is InChI=1S/C19H21NO3S/c1-13-9-10-15(17(21)20-12-19(2,3)18(22)23)16(11-13)24-14-7-5-4-6-8-14/h4-11H,12H2,1-3H3,(H,20,21)(H,22,23). The van der Waals surface area contributed by atoms with Crippen LogP contribution in [0.4, 0.5) is 0 Å². The lowest BCUT2D eigenvalue weighted by Crippen LogP contribution is -2.39. The summed E-state index contributed by atoms with van der Waals surface area (Å²) in [6.45, 7) is 5.23. The maximum Gasteiger partial charge on any atom is 0.310 e. The third kappa shape index (κ3) is 4.61. The van der Waals surface area contributed by atoms with Crippen molar-refractivity contribution in [1.82, 2.24) is 5.32 Å². The third-order valence-corrected chi connectivity index (χ3v) is 4.69. The number of benzene rings is 2.